The number of hydrogen-bond acceptors (Lipinski definition) is 4. The lowest BCUT2D eigenvalue weighted by molar-refractivity contribution is 0.460. The number of ether oxygens (including phenoxy) is 1. The molecule has 5 heteroatoms. The van der Waals surface area contributed by atoms with Gasteiger partial charge >= 0.3 is 0 Å². The monoisotopic (exact) mass is 279 g/mol. The molecule has 16 heavy (non-hydrogen) atoms. The van der Waals surface area contributed by atoms with Gasteiger partial charge in [0.1, 0.15) is 17.4 Å². The van der Waals surface area contributed by atoms with Gasteiger partial charge in [0.15, 0.2) is 0 Å². The van der Waals surface area contributed by atoms with Gasteiger partial charge in [0, 0.05) is 10.5 Å². The molecule has 0 radical (unpaired) electrons. The molecule has 4 nitrogen and oxygen atoms in total. The molecule has 0 saturated heterocycles. The lowest BCUT2D eigenvalue weighted by Crippen LogP contribution is -1.97. The fourth-order valence-electron chi connectivity index (χ4n) is 1.27. The molecule has 1 aromatic carbocycles. The molecule has 0 saturated carbocycles. The van der Waals surface area contributed by atoms with Crippen LogP contribution >= 0.6 is 15.9 Å². The Balaban J connectivity index is 2.27. The third-order valence-electron chi connectivity index (χ3n) is 1.85. The Labute approximate surface area is 102 Å². The van der Waals surface area contributed by atoms with Gasteiger partial charge in [0.25, 0.3) is 0 Å². The number of anilines is 1. The molecule has 0 spiro atoms. The first-order chi connectivity index (χ1) is 7.63. The van der Waals surface area contributed by atoms with E-state index in [1.165, 1.54) is 0 Å². The van der Waals surface area contributed by atoms with Crippen molar-refractivity contribution in [2.75, 3.05) is 5.73 Å². The summed E-state index contributed by atoms with van der Waals surface area (Å²) in [4.78, 5) is 8.10. The van der Waals surface area contributed by atoms with Gasteiger partial charge < -0.3 is 10.5 Å². The molecular formula is C11H10BrN3O. The molecule has 1 aromatic heterocycles. The summed E-state index contributed by atoms with van der Waals surface area (Å²) >= 11 is 3.37. The highest BCUT2D eigenvalue weighted by Crippen LogP contribution is 2.23. The molecule has 2 N–H and O–H groups in total. The van der Waals surface area contributed by atoms with E-state index in [1.807, 2.05) is 24.3 Å². The summed E-state index contributed by atoms with van der Waals surface area (Å²) < 4.78 is 6.51. The first-order valence-corrected chi connectivity index (χ1v) is 5.47. The SMILES string of the molecule is Cc1nc(N)cc(Oc2cccc(Br)c2)n1. The van der Waals surface area contributed by atoms with Gasteiger partial charge in [-0.3, -0.25) is 0 Å². The minimum atomic E-state index is 0.400. The number of halogens is 1. The van der Waals surface area contributed by atoms with Crippen molar-refractivity contribution in [1.29, 1.82) is 0 Å². The van der Waals surface area contributed by atoms with Crippen LogP contribution < -0.4 is 10.5 Å². The van der Waals surface area contributed by atoms with Crippen LogP contribution in [0.2, 0.25) is 0 Å². The Kier molecular flexibility index (Phi) is 3.05. The van der Waals surface area contributed by atoms with E-state index in [4.69, 9.17) is 10.5 Å². The van der Waals surface area contributed by atoms with Crippen LogP contribution in [0.25, 0.3) is 0 Å². The van der Waals surface area contributed by atoms with Gasteiger partial charge in [-0.25, -0.2) is 4.98 Å². The number of hydrogen-bond donors (Lipinski definition) is 1. The highest BCUT2D eigenvalue weighted by molar-refractivity contribution is 9.10. The van der Waals surface area contributed by atoms with Crippen molar-refractivity contribution in [2.45, 2.75) is 6.92 Å². The van der Waals surface area contributed by atoms with Crippen LogP contribution in [0.5, 0.6) is 11.6 Å². The largest absolute Gasteiger partial charge is 0.439 e. The van der Waals surface area contributed by atoms with E-state index in [2.05, 4.69) is 25.9 Å². The fraction of sp³-hybridized carbons (Fsp3) is 0.0909. The van der Waals surface area contributed by atoms with Crippen molar-refractivity contribution in [3.8, 4) is 11.6 Å². The normalized spacial score (nSPS) is 10.1. The summed E-state index contributed by atoms with van der Waals surface area (Å²) in [6, 6.07) is 9.10. The number of nitrogens with two attached hydrogens (primary N) is 1. The maximum absolute atomic E-state index is 5.60. The standard InChI is InChI=1S/C11H10BrN3O/c1-7-14-10(13)6-11(15-7)16-9-4-2-3-8(12)5-9/h2-6H,1H3,(H2,13,14,15). The number of benzene rings is 1. The van der Waals surface area contributed by atoms with Crippen molar-refractivity contribution < 1.29 is 4.74 Å². The highest BCUT2D eigenvalue weighted by Gasteiger charge is 2.02. The molecule has 2 rings (SSSR count). The van der Waals surface area contributed by atoms with Gasteiger partial charge in [-0.1, -0.05) is 22.0 Å². The molecule has 82 valence electrons. The van der Waals surface area contributed by atoms with Crippen LogP contribution in [-0.4, -0.2) is 9.97 Å². The first kappa shape index (κ1) is 10.9. The van der Waals surface area contributed by atoms with Crippen LogP contribution in [0, 0.1) is 6.92 Å². The lowest BCUT2D eigenvalue weighted by atomic mass is 10.3. The molecule has 0 amide bonds. The second-order valence-corrected chi connectivity index (χ2v) is 4.15. The third kappa shape index (κ3) is 2.70. The summed E-state index contributed by atoms with van der Waals surface area (Å²) in [5.41, 5.74) is 5.60. The van der Waals surface area contributed by atoms with E-state index in [9.17, 15) is 0 Å². The van der Waals surface area contributed by atoms with Crippen molar-refractivity contribution >= 4 is 21.7 Å². The zero-order valence-corrected chi connectivity index (χ0v) is 10.2. The van der Waals surface area contributed by atoms with Gasteiger partial charge in [0.05, 0.1) is 0 Å². The van der Waals surface area contributed by atoms with Crippen molar-refractivity contribution in [3.63, 3.8) is 0 Å². The van der Waals surface area contributed by atoms with Crippen molar-refractivity contribution in [1.82, 2.24) is 9.97 Å². The predicted molar refractivity (Wildman–Crippen MR) is 65.4 cm³/mol. The average molecular weight is 280 g/mol. The summed E-state index contributed by atoms with van der Waals surface area (Å²) in [5.74, 6) is 2.14. The zero-order valence-electron chi connectivity index (χ0n) is 8.64. The van der Waals surface area contributed by atoms with Gasteiger partial charge in [-0.2, -0.15) is 4.98 Å². The minimum Gasteiger partial charge on any atom is -0.439 e. The zero-order chi connectivity index (χ0) is 11.5. The Morgan fingerprint density at radius 1 is 1.25 bits per heavy atom. The lowest BCUT2D eigenvalue weighted by Gasteiger charge is -2.06. The minimum absolute atomic E-state index is 0.400. The Hall–Kier alpha value is -1.62. The van der Waals surface area contributed by atoms with E-state index < -0.39 is 0 Å². The Morgan fingerprint density at radius 2 is 2.06 bits per heavy atom. The van der Waals surface area contributed by atoms with Crippen LogP contribution in [0.3, 0.4) is 0 Å². The fourth-order valence-corrected chi connectivity index (χ4v) is 1.64. The molecule has 1 heterocycles. The van der Waals surface area contributed by atoms with E-state index in [1.54, 1.807) is 13.0 Å². The van der Waals surface area contributed by atoms with E-state index in [0.29, 0.717) is 23.3 Å². The van der Waals surface area contributed by atoms with Gasteiger partial charge in [-0.05, 0) is 25.1 Å². The average Bonchev–Trinajstić information content (AvgIpc) is 2.15. The van der Waals surface area contributed by atoms with Crippen LogP contribution in [0.1, 0.15) is 5.82 Å². The van der Waals surface area contributed by atoms with E-state index in [0.717, 1.165) is 4.47 Å². The number of aromatic nitrogens is 2. The summed E-state index contributed by atoms with van der Waals surface area (Å²) in [5, 5.41) is 0. The highest BCUT2D eigenvalue weighted by atomic mass is 79.9. The maximum atomic E-state index is 5.60. The number of rotatable bonds is 2. The van der Waals surface area contributed by atoms with Crippen LogP contribution in [0.15, 0.2) is 34.8 Å². The second-order valence-electron chi connectivity index (χ2n) is 3.24. The molecule has 0 aliphatic heterocycles. The molecule has 0 unspecified atom stereocenters. The molecule has 0 atom stereocenters. The molecule has 0 aliphatic rings. The predicted octanol–water partition coefficient (Wildman–Crippen LogP) is 2.92. The van der Waals surface area contributed by atoms with E-state index in [-0.39, 0.29) is 0 Å². The van der Waals surface area contributed by atoms with Gasteiger partial charge in [-0.15, -0.1) is 0 Å². The third-order valence-corrected chi connectivity index (χ3v) is 2.35. The van der Waals surface area contributed by atoms with E-state index >= 15 is 0 Å². The van der Waals surface area contributed by atoms with Crippen molar-refractivity contribution in [3.05, 3.63) is 40.6 Å². The smallest absolute Gasteiger partial charge is 0.224 e. The summed E-state index contributed by atoms with van der Waals surface area (Å²) in [6.45, 7) is 1.77. The molecule has 2 aromatic rings. The molecule has 0 aliphatic carbocycles. The quantitative estimate of drug-likeness (QED) is 0.918. The van der Waals surface area contributed by atoms with Gasteiger partial charge in [0.2, 0.25) is 5.88 Å². The number of nitrogens with zero attached hydrogens (tertiary/aromatic N) is 2. The van der Waals surface area contributed by atoms with Crippen LogP contribution in [-0.2, 0) is 0 Å². The second kappa shape index (κ2) is 4.49. The van der Waals surface area contributed by atoms with Crippen LogP contribution in [0.4, 0.5) is 5.82 Å². The molecule has 0 fully saturated rings. The first-order valence-electron chi connectivity index (χ1n) is 4.68. The topological polar surface area (TPSA) is 61.0 Å². The summed E-state index contributed by atoms with van der Waals surface area (Å²) in [7, 11) is 0. The number of aryl methyl sites for hydroxylation is 1. The molecule has 0 bridgehead atoms. The molecular weight excluding hydrogens is 270 g/mol. The summed E-state index contributed by atoms with van der Waals surface area (Å²) in [6.07, 6.45) is 0. The number of nitrogen functional groups attached to an aromatic ring is 1. The maximum Gasteiger partial charge on any atom is 0.224 e. The Bertz CT molecular complexity index is 496. The Morgan fingerprint density at radius 3 is 2.75 bits per heavy atom. The van der Waals surface area contributed by atoms with Crippen molar-refractivity contribution in [2.24, 2.45) is 0 Å².